The lowest BCUT2D eigenvalue weighted by atomic mass is 9.90. The van der Waals surface area contributed by atoms with E-state index in [-0.39, 0.29) is 0 Å². The molecule has 0 heteroatoms. The third-order valence-electron chi connectivity index (χ3n) is 13.0. The predicted molar refractivity (Wildman–Crippen MR) is 267 cm³/mol. The molecule has 12 rings (SSSR count). The van der Waals surface area contributed by atoms with Gasteiger partial charge >= 0.3 is 0 Å². The Kier molecular flexibility index (Phi) is 10.0. The molecule has 0 bridgehead atoms. The summed E-state index contributed by atoms with van der Waals surface area (Å²) in [6.45, 7) is 2.26. The molecule has 0 fully saturated rings. The van der Waals surface area contributed by atoms with Crippen molar-refractivity contribution < 1.29 is 0 Å². The Morgan fingerprint density at radius 3 is 0.984 bits per heavy atom. The first-order chi connectivity index (χ1) is 31.1. The second kappa shape index (κ2) is 16.6. The molecule has 0 spiro atoms. The fraction of sp³-hybridized carbons (Fsp3) is 0.0476. The number of fused-ring (bicyclic) bond motifs is 6. The van der Waals surface area contributed by atoms with E-state index in [0.717, 1.165) is 12.8 Å². The van der Waals surface area contributed by atoms with Crippen molar-refractivity contribution in [1.29, 1.82) is 0 Å². The second-order valence-corrected chi connectivity index (χ2v) is 16.8. The topological polar surface area (TPSA) is 0 Å². The summed E-state index contributed by atoms with van der Waals surface area (Å²) in [6.07, 6.45) is 1.98. The first-order valence-corrected chi connectivity index (χ1v) is 22.1. The smallest absolute Gasteiger partial charge is 0.000464 e. The average Bonchev–Trinajstić information content (AvgIpc) is 3.94. The maximum atomic E-state index is 2.40. The Morgan fingerprint density at radius 2 is 0.540 bits per heavy atom. The largest absolute Gasteiger partial charge is 0.0622 e. The highest BCUT2D eigenvalue weighted by atomic mass is 14.3. The SMILES string of the molecule is Cc1cc(-c2ccccc2)cc2c1Cc1c(-c3ccccc3)cc(-c3ccccc3)cc1-2.c1ccc(-c2ccc3c(c2)-c2cc(-c4ccccc4)cc(-c4ccccc4)c2C3)cc1. The molecule has 2 aliphatic rings. The third kappa shape index (κ3) is 7.41. The summed E-state index contributed by atoms with van der Waals surface area (Å²) in [5.41, 5.74) is 28.1. The van der Waals surface area contributed by atoms with Crippen LogP contribution in [0.4, 0.5) is 0 Å². The van der Waals surface area contributed by atoms with Gasteiger partial charge in [0, 0.05) is 0 Å². The normalized spacial score (nSPS) is 11.8. The molecule has 0 aromatic heterocycles. The zero-order valence-electron chi connectivity index (χ0n) is 35.4. The minimum absolute atomic E-state index is 0.985. The summed E-state index contributed by atoms with van der Waals surface area (Å²) >= 11 is 0. The van der Waals surface area contributed by atoms with Crippen LogP contribution in [0.5, 0.6) is 0 Å². The molecule has 0 aliphatic heterocycles. The molecular formula is C63H46. The van der Waals surface area contributed by atoms with Crippen molar-refractivity contribution in [1.82, 2.24) is 0 Å². The van der Waals surface area contributed by atoms with Gasteiger partial charge in [-0.15, -0.1) is 0 Å². The van der Waals surface area contributed by atoms with E-state index in [1.54, 1.807) is 0 Å². The van der Waals surface area contributed by atoms with Crippen molar-refractivity contribution in [2.24, 2.45) is 0 Å². The summed E-state index contributed by atoms with van der Waals surface area (Å²) in [6, 6.07) is 85.7. The molecule has 298 valence electrons. The highest BCUT2D eigenvalue weighted by molar-refractivity contribution is 5.93. The number of hydrogen-bond acceptors (Lipinski definition) is 0. The van der Waals surface area contributed by atoms with Gasteiger partial charge < -0.3 is 0 Å². The first kappa shape index (κ1) is 38.1. The summed E-state index contributed by atoms with van der Waals surface area (Å²) in [4.78, 5) is 0. The molecule has 0 atom stereocenters. The molecule has 0 saturated heterocycles. The first-order valence-electron chi connectivity index (χ1n) is 22.1. The van der Waals surface area contributed by atoms with E-state index < -0.39 is 0 Å². The van der Waals surface area contributed by atoms with Gasteiger partial charge in [0.05, 0.1) is 0 Å². The number of benzene rings is 10. The van der Waals surface area contributed by atoms with Gasteiger partial charge in [0.15, 0.2) is 0 Å². The molecule has 0 saturated carbocycles. The maximum Gasteiger partial charge on any atom is -0.000464 e. The molecule has 0 heterocycles. The molecule has 0 radical (unpaired) electrons. The van der Waals surface area contributed by atoms with Crippen molar-refractivity contribution in [3.63, 3.8) is 0 Å². The Morgan fingerprint density at radius 1 is 0.222 bits per heavy atom. The molecule has 2 aliphatic carbocycles. The average molecular weight is 803 g/mol. The zero-order chi connectivity index (χ0) is 42.1. The van der Waals surface area contributed by atoms with E-state index in [4.69, 9.17) is 0 Å². The quantitative estimate of drug-likeness (QED) is 0.157. The van der Waals surface area contributed by atoms with Crippen LogP contribution in [-0.2, 0) is 12.8 Å². The molecule has 0 amide bonds. The van der Waals surface area contributed by atoms with Crippen LogP contribution in [0.2, 0.25) is 0 Å². The van der Waals surface area contributed by atoms with E-state index >= 15 is 0 Å². The summed E-state index contributed by atoms with van der Waals surface area (Å²) in [7, 11) is 0. The van der Waals surface area contributed by atoms with E-state index in [9.17, 15) is 0 Å². The zero-order valence-corrected chi connectivity index (χ0v) is 35.4. The lowest BCUT2D eigenvalue weighted by Gasteiger charge is -2.13. The van der Waals surface area contributed by atoms with Crippen LogP contribution in [-0.4, -0.2) is 0 Å². The van der Waals surface area contributed by atoms with Gasteiger partial charge in [-0.2, -0.15) is 0 Å². The molecule has 63 heavy (non-hydrogen) atoms. The van der Waals surface area contributed by atoms with Crippen LogP contribution in [0.3, 0.4) is 0 Å². The molecule has 10 aromatic carbocycles. The highest BCUT2D eigenvalue weighted by Gasteiger charge is 2.26. The minimum Gasteiger partial charge on any atom is -0.0622 e. The number of hydrogen-bond donors (Lipinski definition) is 0. The predicted octanol–water partition coefficient (Wildman–Crippen LogP) is 16.8. The van der Waals surface area contributed by atoms with Crippen LogP contribution >= 0.6 is 0 Å². The van der Waals surface area contributed by atoms with Gasteiger partial charge in [0.1, 0.15) is 0 Å². The van der Waals surface area contributed by atoms with Crippen molar-refractivity contribution in [3.05, 3.63) is 264 Å². The van der Waals surface area contributed by atoms with E-state index in [1.165, 1.54) is 117 Å². The Labute approximate surface area is 371 Å². The monoisotopic (exact) mass is 802 g/mol. The van der Waals surface area contributed by atoms with Crippen molar-refractivity contribution in [3.8, 4) is 89.0 Å². The molecule has 10 aromatic rings. The van der Waals surface area contributed by atoms with E-state index in [0.29, 0.717) is 0 Å². The van der Waals surface area contributed by atoms with Crippen LogP contribution in [0, 0.1) is 6.92 Å². The third-order valence-corrected chi connectivity index (χ3v) is 13.0. The van der Waals surface area contributed by atoms with Crippen LogP contribution in [0.15, 0.2) is 237 Å². The summed E-state index contributed by atoms with van der Waals surface area (Å²) < 4.78 is 0. The van der Waals surface area contributed by atoms with Crippen LogP contribution in [0.1, 0.15) is 27.8 Å². The molecule has 0 N–H and O–H groups in total. The van der Waals surface area contributed by atoms with Gasteiger partial charge in [-0.3, -0.25) is 0 Å². The fourth-order valence-corrected chi connectivity index (χ4v) is 9.80. The summed E-state index contributed by atoms with van der Waals surface area (Å²) in [5, 5.41) is 0. The van der Waals surface area contributed by atoms with Gasteiger partial charge in [-0.05, 0) is 173 Å². The van der Waals surface area contributed by atoms with Crippen molar-refractivity contribution >= 4 is 0 Å². The molecular weight excluding hydrogens is 757 g/mol. The fourth-order valence-electron chi connectivity index (χ4n) is 9.80. The van der Waals surface area contributed by atoms with E-state index in [2.05, 4.69) is 244 Å². The van der Waals surface area contributed by atoms with Gasteiger partial charge in [0.2, 0.25) is 0 Å². The van der Waals surface area contributed by atoms with Gasteiger partial charge in [0.25, 0.3) is 0 Å². The van der Waals surface area contributed by atoms with Crippen molar-refractivity contribution in [2.45, 2.75) is 19.8 Å². The van der Waals surface area contributed by atoms with Crippen molar-refractivity contribution in [2.75, 3.05) is 0 Å². The maximum absolute atomic E-state index is 2.40. The molecule has 0 nitrogen and oxygen atoms in total. The summed E-state index contributed by atoms with van der Waals surface area (Å²) in [5.74, 6) is 0. The number of rotatable bonds is 6. The highest BCUT2D eigenvalue weighted by Crippen LogP contribution is 2.48. The van der Waals surface area contributed by atoms with Gasteiger partial charge in [-0.1, -0.05) is 200 Å². The molecule has 0 unspecified atom stereocenters. The minimum atomic E-state index is 0.985. The second-order valence-electron chi connectivity index (χ2n) is 16.8. The Balaban J connectivity index is 0.000000141. The Bertz CT molecular complexity index is 3220. The van der Waals surface area contributed by atoms with E-state index in [1.807, 2.05) is 0 Å². The standard InChI is InChI=1S/C32H24.C31H22/c1-22-17-26(23-11-5-2-6-12-23)19-30-28(22)21-32-29(25-15-9-4-10-16-25)18-27(20-31(30)32)24-13-7-3-8-14-24;1-4-10-22(11-5-1)25-16-17-26-19-30-28(24-14-8-3-9-15-24)20-27(21-31(30)29(26)18-25)23-12-6-2-7-13-23/h2-20H,21H2,1H3;1-18,20-21H,19H2. The lowest BCUT2D eigenvalue weighted by Crippen LogP contribution is -1.91. The van der Waals surface area contributed by atoms with Crippen LogP contribution in [0.25, 0.3) is 89.0 Å². The number of aryl methyl sites for hydroxylation is 1. The van der Waals surface area contributed by atoms with Gasteiger partial charge in [-0.25, -0.2) is 0 Å². The lowest BCUT2D eigenvalue weighted by molar-refractivity contribution is 1.22. The van der Waals surface area contributed by atoms with Crippen LogP contribution < -0.4 is 0 Å². The Hall–Kier alpha value is -7.80.